The minimum Gasteiger partial charge on any atom is -0.463 e. The molecule has 0 heterocycles. The van der Waals surface area contributed by atoms with Gasteiger partial charge in [0.2, 0.25) is 0 Å². The van der Waals surface area contributed by atoms with Crippen molar-refractivity contribution in [1.29, 1.82) is 0 Å². The second kappa shape index (κ2) is 8.06. The number of carbonyl (C=O) groups is 2. The molecule has 0 aliphatic heterocycles. The molecule has 0 aromatic rings. The van der Waals surface area contributed by atoms with Gasteiger partial charge in [-0.2, -0.15) is 0 Å². The maximum atomic E-state index is 11.1. The Morgan fingerprint density at radius 1 is 1.19 bits per heavy atom. The number of esters is 2. The maximum absolute atomic E-state index is 11.1. The van der Waals surface area contributed by atoms with Gasteiger partial charge < -0.3 is 19.7 Å². The van der Waals surface area contributed by atoms with E-state index in [4.69, 9.17) is 14.9 Å². The van der Waals surface area contributed by atoms with E-state index in [0.717, 1.165) is 0 Å². The van der Waals surface area contributed by atoms with E-state index in [-0.39, 0.29) is 26.1 Å². The summed E-state index contributed by atoms with van der Waals surface area (Å²) in [5.41, 5.74) is 0. The van der Waals surface area contributed by atoms with Crippen LogP contribution in [0.15, 0.2) is 0 Å². The molecule has 0 aromatic heterocycles. The molecular formula is C10H18O6. The Labute approximate surface area is 94.2 Å². The summed E-state index contributed by atoms with van der Waals surface area (Å²) >= 11 is 0. The molecule has 2 N–H and O–H groups in total. The predicted octanol–water partition coefficient (Wildman–Crippen LogP) is -0.385. The number of ether oxygens (including phenoxy) is 2. The van der Waals surface area contributed by atoms with E-state index < -0.39 is 24.1 Å². The third kappa shape index (κ3) is 8.19. The second-order valence-corrected chi connectivity index (χ2v) is 3.52. The van der Waals surface area contributed by atoms with Crippen molar-refractivity contribution in [2.75, 3.05) is 13.2 Å². The first kappa shape index (κ1) is 14.9. The lowest BCUT2D eigenvalue weighted by Gasteiger charge is -2.10. The van der Waals surface area contributed by atoms with Gasteiger partial charge >= 0.3 is 11.9 Å². The average molecular weight is 234 g/mol. The first-order chi connectivity index (χ1) is 7.45. The molecule has 0 aliphatic carbocycles. The summed E-state index contributed by atoms with van der Waals surface area (Å²) in [5, 5.41) is 17.4. The summed E-state index contributed by atoms with van der Waals surface area (Å²) in [7, 11) is 0. The number of carbonyl (C=O) groups excluding carboxylic acids is 2. The lowest BCUT2D eigenvalue weighted by Crippen LogP contribution is -2.20. The summed E-state index contributed by atoms with van der Waals surface area (Å²) in [6, 6.07) is 0. The Hall–Kier alpha value is -1.14. The van der Waals surface area contributed by atoms with Crippen molar-refractivity contribution < 1.29 is 29.3 Å². The van der Waals surface area contributed by atoms with Gasteiger partial charge in [-0.1, -0.05) is 0 Å². The highest BCUT2D eigenvalue weighted by atomic mass is 16.6. The molecule has 16 heavy (non-hydrogen) atoms. The molecular weight excluding hydrogens is 216 g/mol. The minimum atomic E-state index is -0.717. The van der Waals surface area contributed by atoms with Gasteiger partial charge in [0.25, 0.3) is 0 Å². The van der Waals surface area contributed by atoms with Crippen molar-refractivity contribution in [2.24, 2.45) is 0 Å². The lowest BCUT2D eigenvalue weighted by atomic mass is 10.3. The smallest absolute Gasteiger partial charge is 0.306 e. The van der Waals surface area contributed by atoms with Gasteiger partial charge in [0.05, 0.1) is 25.6 Å². The fourth-order valence-corrected chi connectivity index (χ4v) is 0.810. The second-order valence-electron chi connectivity index (χ2n) is 3.52. The van der Waals surface area contributed by atoms with Crippen molar-refractivity contribution in [3.63, 3.8) is 0 Å². The fraction of sp³-hybridized carbons (Fsp3) is 0.800. The van der Waals surface area contributed by atoms with Gasteiger partial charge in [0.1, 0.15) is 12.7 Å². The molecule has 2 atom stereocenters. The molecule has 6 nitrogen and oxygen atoms in total. The first-order valence-electron chi connectivity index (χ1n) is 5.09. The van der Waals surface area contributed by atoms with Crippen LogP contribution in [0.1, 0.15) is 26.7 Å². The number of hydrogen-bond acceptors (Lipinski definition) is 6. The number of rotatable bonds is 7. The van der Waals surface area contributed by atoms with Crippen LogP contribution in [0.2, 0.25) is 0 Å². The van der Waals surface area contributed by atoms with E-state index in [0.29, 0.717) is 0 Å². The summed E-state index contributed by atoms with van der Waals surface area (Å²) in [4.78, 5) is 22.1. The molecule has 0 amide bonds. The maximum Gasteiger partial charge on any atom is 0.306 e. The van der Waals surface area contributed by atoms with Crippen LogP contribution in [-0.2, 0) is 19.1 Å². The third-order valence-corrected chi connectivity index (χ3v) is 1.61. The van der Waals surface area contributed by atoms with Crippen LogP contribution >= 0.6 is 0 Å². The molecule has 0 radical (unpaired) electrons. The largest absolute Gasteiger partial charge is 0.463 e. The Balaban J connectivity index is 3.63. The zero-order valence-electron chi connectivity index (χ0n) is 9.51. The molecule has 94 valence electrons. The van der Waals surface area contributed by atoms with E-state index >= 15 is 0 Å². The van der Waals surface area contributed by atoms with Crippen molar-refractivity contribution in [1.82, 2.24) is 0 Å². The first-order valence-corrected chi connectivity index (χ1v) is 5.09. The van der Waals surface area contributed by atoms with E-state index in [1.807, 2.05) is 0 Å². The molecule has 0 saturated carbocycles. The Kier molecular flexibility index (Phi) is 7.49. The molecule has 0 aromatic carbocycles. The molecule has 0 fully saturated rings. The van der Waals surface area contributed by atoms with Gasteiger partial charge in [0, 0.05) is 0 Å². The van der Waals surface area contributed by atoms with Crippen molar-refractivity contribution in [2.45, 2.75) is 38.9 Å². The van der Waals surface area contributed by atoms with Gasteiger partial charge in [-0.15, -0.1) is 0 Å². The highest BCUT2D eigenvalue weighted by molar-refractivity contribution is 5.77. The highest BCUT2D eigenvalue weighted by Gasteiger charge is 2.12. The quantitative estimate of drug-likeness (QED) is 0.583. The predicted molar refractivity (Wildman–Crippen MR) is 54.5 cm³/mol. The summed E-state index contributed by atoms with van der Waals surface area (Å²) in [6.45, 7) is 2.70. The number of hydrogen-bond donors (Lipinski definition) is 2. The fourth-order valence-electron chi connectivity index (χ4n) is 0.810. The SMILES string of the molecule is CC(O)COC(=O)CCC(=O)OC(C)CO. The highest BCUT2D eigenvalue weighted by Crippen LogP contribution is 1.99. The average Bonchev–Trinajstić information content (AvgIpc) is 2.23. The van der Waals surface area contributed by atoms with Crippen molar-refractivity contribution >= 4 is 11.9 Å². The van der Waals surface area contributed by atoms with Crippen molar-refractivity contribution in [3.8, 4) is 0 Å². The minimum absolute atomic E-state index is 0.0824. The van der Waals surface area contributed by atoms with Gasteiger partial charge in [0.15, 0.2) is 0 Å². The van der Waals surface area contributed by atoms with Crippen LogP contribution in [0.4, 0.5) is 0 Å². The van der Waals surface area contributed by atoms with Gasteiger partial charge in [-0.05, 0) is 13.8 Å². The molecule has 6 heteroatoms. The summed E-state index contributed by atoms with van der Waals surface area (Å²) < 4.78 is 9.37. The van der Waals surface area contributed by atoms with Crippen LogP contribution < -0.4 is 0 Å². The van der Waals surface area contributed by atoms with Crippen LogP contribution in [0.5, 0.6) is 0 Å². The molecule has 0 saturated heterocycles. The lowest BCUT2D eigenvalue weighted by molar-refractivity contribution is -0.155. The zero-order chi connectivity index (χ0) is 12.6. The standard InChI is InChI=1S/C10H18O6/c1-7(12)6-15-9(13)3-4-10(14)16-8(2)5-11/h7-8,11-12H,3-6H2,1-2H3. The van der Waals surface area contributed by atoms with Gasteiger partial charge in [-0.25, -0.2) is 0 Å². The van der Waals surface area contributed by atoms with Crippen LogP contribution in [0, 0.1) is 0 Å². The van der Waals surface area contributed by atoms with Crippen molar-refractivity contribution in [3.05, 3.63) is 0 Å². The van der Waals surface area contributed by atoms with Crippen LogP contribution in [-0.4, -0.2) is 47.6 Å². The normalized spacial score (nSPS) is 14.0. The number of aliphatic hydroxyl groups is 2. The van der Waals surface area contributed by atoms with Crippen LogP contribution in [0.25, 0.3) is 0 Å². The molecule has 0 rings (SSSR count). The van der Waals surface area contributed by atoms with E-state index in [1.165, 1.54) is 6.92 Å². The molecule has 0 aliphatic rings. The third-order valence-electron chi connectivity index (χ3n) is 1.61. The Morgan fingerprint density at radius 2 is 1.75 bits per heavy atom. The number of aliphatic hydroxyl groups excluding tert-OH is 2. The summed E-state index contributed by atoms with van der Waals surface area (Å²) in [5.74, 6) is -1.12. The Morgan fingerprint density at radius 3 is 2.25 bits per heavy atom. The molecule has 2 unspecified atom stereocenters. The van der Waals surface area contributed by atoms with Crippen LogP contribution in [0.3, 0.4) is 0 Å². The Bertz CT molecular complexity index is 225. The van der Waals surface area contributed by atoms with Gasteiger partial charge in [-0.3, -0.25) is 9.59 Å². The zero-order valence-corrected chi connectivity index (χ0v) is 9.51. The van der Waals surface area contributed by atoms with E-state index in [9.17, 15) is 9.59 Å². The van der Waals surface area contributed by atoms with E-state index in [1.54, 1.807) is 6.92 Å². The topological polar surface area (TPSA) is 93.1 Å². The van der Waals surface area contributed by atoms with E-state index in [2.05, 4.69) is 4.74 Å². The molecule has 0 spiro atoms. The summed E-state index contributed by atoms with van der Waals surface area (Å²) in [6.07, 6.45) is -1.47. The molecule has 0 bridgehead atoms. The monoisotopic (exact) mass is 234 g/mol.